The molecule has 24 heavy (non-hydrogen) atoms. The lowest BCUT2D eigenvalue weighted by atomic mass is 9.95. The number of nitrogens with one attached hydrogen (secondary N) is 2. The van der Waals surface area contributed by atoms with E-state index in [1.165, 1.54) is 44.9 Å². The zero-order valence-electron chi connectivity index (χ0n) is 14.2. The van der Waals surface area contributed by atoms with Crippen LogP contribution in [0.5, 0.6) is 0 Å². The maximum Gasteiger partial charge on any atom is 0.137 e. The Bertz CT molecular complexity index is 713. The second-order valence-corrected chi connectivity index (χ2v) is 7.42. The molecular formula is C19H26N4O. The number of ketones is 1. The average Bonchev–Trinajstić information content (AvgIpc) is 3.31. The van der Waals surface area contributed by atoms with Crippen molar-refractivity contribution in [3.8, 4) is 0 Å². The van der Waals surface area contributed by atoms with Crippen molar-refractivity contribution in [1.82, 2.24) is 15.2 Å². The van der Waals surface area contributed by atoms with E-state index in [2.05, 4.69) is 20.5 Å². The summed E-state index contributed by atoms with van der Waals surface area (Å²) in [6.45, 7) is 0. The van der Waals surface area contributed by atoms with Crippen molar-refractivity contribution in [3.63, 3.8) is 0 Å². The average molecular weight is 326 g/mol. The summed E-state index contributed by atoms with van der Waals surface area (Å²) in [5, 5.41) is 12.2. The van der Waals surface area contributed by atoms with Crippen molar-refractivity contribution < 1.29 is 4.79 Å². The van der Waals surface area contributed by atoms with Crippen LogP contribution in [0.1, 0.15) is 63.5 Å². The fourth-order valence-electron chi connectivity index (χ4n) is 3.77. The topological polar surface area (TPSA) is 70.7 Å². The summed E-state index contributed by atoms with van der Waals surface area (Å²) in [5.74, 6) is 1.98. The lowest BCUT2D eigenvalue weighted by Crippen LogP contribution is -2.23. The van der Waals surface area contributed by atoms with Crippen LogP contribution in [0.25, 0.3) is 10.9 Å². The van der Waals surface area contributed by atoms with Crippen molar-refractivity contribution in [2.45, 2.75) is 70.3 Å². The zero-order valence-corrected chi connectivity index (χ0v) is 14.2. The van der Waals surface area contributed by atoms with E-state index in [0.717, 1.165) is 35.3 Å². The van der Waals surface area contributed by atoms with Crippen LogP contribution in [0.4, 0.5) is 5.82 Å². The number of aromatic nitrogens is 3. The maximum absolute atomic E-state index is 12.1. The maximum atomic E-state index is 12.1. The van der Waals surface area contributed by atoms with Gasteiger partial charge in [0.25, 0.3) is 0 Å². The third kappa shape index (κ3) is 3.60. The van der Waals surface area contributed by atoms with Crippen LogP contribution in [0.3, 0.4) is 0 Å². The molecule has 2 N–H and O–H groups in total. The third-order valence-electron chi connectivity index (χ3n) is 5.36. The van der Waals surface area contributed by atoms with Crippen molar-refractivity contribution >= 4 is 22.5 Å². The number of anilines is 1. The molecule has 5 heteroatoms. The van der Waals surface area contributed by atoms with Gasteiger partial charge >= 0.3 is 0 Å². The van der Waals surface area contributed by atoms with Crippen LogP contribution >= 0.6 is 0 Å². The molecule has 5 nitrogen and oxygen atoms in total. The van der Waals surface area contributed by atoms with Gasteiger partial charge in [-0.3, -0.25) is 9.89 Å². The number of H-pyrrole nitrogens is 1. The lowest BCUT2D eigenvalue weighted by molar-refractivity contribution is -0.119. The number of carbonyl (C=O) groups is 1. The first-order valence-corrected chi connectivity index (χ1v) is 9.40. The fraction of sp³-hybridized carbons (Fsp3) is 0.632. The van der Waals surface area contributed by atoms with Crippen LogP contribution < -0.4 is 5.32 Å². The first-order valence-electron chi connectivity index (χ1n) is 9.40. The van der Waals surface area contributed by atoms with E-state index in [-0.39, 0.29) is 0 Å². The molecule has 2 saturated carbocycles. The summed E-state index contributed by atoms with van der Waals surface area (Å²) in [7, 11) is 0. The molecule has 0 spiro atoms. The minimum absolute atomic E-state index is 0.380. The van der Waals surface area contributed by atoms with Crippen molar-refractivity contribution in [2.75, 3.05) is 5.32 Å². The lowest BCUT2D eigenvalue weighted by Gasteiger charge is -2.23. The van der Waals surface area contributed by atoms with Gasteiger partial charge < -0.3 is 5.32 Å². The number of Topliss-reactive ketones (excluding diaryl/α,β-unsaturated/α-hetero) is 1. The van der Waals surface area contributed by atoms with Crippen molar-refractivity contribution in [3.05, 3.63) is 18.0 Å². The molecule has 0 aliphatic heterocycles. The van der Waals surface area contributed by atoms with Crippen LogP contribution in [-0.4, -0.2) is 27.0 Å². The number of rotatable bonds is 7. The Morgan fingerprint density at radius 1 is 1.21 bits per heavy atom. The van der Waals surface area contributed by atoms with Crippen LogP contribution in [0.15, 0.2) is 12.3 Å². The Kier molecular flexibility index (Phi) is 4.50. The highest BCUT2D eigenvalue weighted by atomic mass is 16.1. The number of hydrogen-bond donors (Lipinski definition) is 2. The SMILES string of the molecule is O=C(CCc1[nH]nc2ccnc(NC3CCCCC3)c12)CC1CC1. The van der Waals surface area contributed by atoms with Gasteiger partial charge in [0.05, 0.1) is 10.9 Å². The van der Waals surface area contributed by atoms with E-state index in [1.54, 1.807) is 0 Å². The molecule has 2 heterocycles. The molecule has 2 fully saturated rings. The van der Waals surface area contributed by atoms with E-state index in [4.69, 9.17) is 0 Å². The molecular weight excluding hydrogens is 300 g/mol. The van der Waals surface area contributed by atoms with Crippen LogP contribution in [0.2, 0.25) is 0 Å². The predicted octanol–water partition coefficient (Wildman–Crippen LogP) is 4.00. The third-order valence-corrected chi connectivity index (χ3v) is 5.36. The molecule has 0 bridgehead atoms. The number of carbonyl (C=O) groups excluding carboxylic acids is 1. The Morgan fingerprint density at radius 2 is 2.04 bits per heavy atom. The Labute approximate surface area is 142 Å². The Morgan fingerprint density at radius 3 is 2.83 bits per heavy atom. The van der Waals surface area contributed by atoms with Crippen LogP contribution in [0, 0.1) is 5.92 Å². The molecule has 0 saturated heterocycles. The molecule has 2 aliphatic rings. The number of hydrogen-bond acceptors (Lipinski definition) is 4. The summed E-state index contributed by atoms with van der Waals surface area (Å²) < 4.78 is 0. The molecule has 0 amide bonds. The summed E-state index contributed by atoms with van der Waals surface area (Å²) in [5.41, 5.74) is 1.98. The second-order valence-electron chi connectivity index (χ2n) is 7.42. The molecule has 4 rings (SSSR count). The monoisotopic (exact) mass is 326 g/mol. The van der Waals surface area contributed by atoms with Gasteiger partial charge in [0.1, 0.15) is 11.6 Å². The van der Waals surface area contributed by atoms with E-state index >= 15 is 0 Å². The van der Waals surface area contributed by atoms with Gasteiger partial charge in [-0.15, -0.1) is 0 Å². The molecule has 0 unspecified atom stereocenters. The number of pyridine rings is 1. The van der Waals surface area contributed by atoms with Gasteiger partial charge in [-0.05, 0) is 44.1 Å². The highest BCUT2D eigenvalue weighted by Crippen LogP contribution is 2.33. The summed E-state index contributed by atoms with van der Waals surface area (Å²) >= 11 is 0. The second kappa shape index (κ2) is 6.91. The van der Waals surface area contributed by atoms with Gasteiger partial charge in [-0.1, -0.05) is 19.3 Å². The van der Waals surface area contributed by atoms with Gasteiger partial charge in [-0.25, -0.2) is 4.98 Å². The zero-order chi connectivity index (χ0) is 16.4. The highest BCUT2D eigenvalue weighted by Gasteiger charge is 2.24. The Hall–Kier alpha value is -1.91. The predicted molar refractivity (Wildman–Crippen MR) is 95.1 cm³/mol. The van der Waals surface area contributed by atoms with Gasteiger partial charge in [0.15, 0.2) is 0 Å². The van der Waals surface area contributed by atoms with E-state index in [0.29, 0.717) is 24.2 Å². The minimum Gasteiger partial charge on any atom is -0.367 e. The normalized spacial score (nSPS) is 18.8. The number of aryl methyl sites for hydroxylation is 1. The van der Waals surface area contributed by atoms with Gasteiger partial charge in [0, 0.05) is 30.8 Å². The summed E-state index contributed by atoms with van der Waals surface area (Å²) in [6.07, 6.45) is 12.7. The largest absolute Gasteiger partial charge is 0.367 e. The van der Waals surface area contributed by atoms with Crippen molar-refractivity contribution in [1.29, 1.82) is 0 Å². The molecule has 2 aromatic heterocycles. The summed E-state index contributed by atoms with van der Waals surface area (Å²) in [6, 6.07) is 2.45. The molecule has 0 radical (unpaired) electrons. The quantitative estimate of drug-likeness (QED) is 0.806. The molecule has 0 atom stereocenters. The number of fused-ring (bicyclic) bond motifs is 1. The van der Waals surface area contributed by atoms with E-state index < -0.39 is 0 Å². The van der Waals surface area contributed by atoms with Gasteiger partial charge in [-0.2, -0.15) is 5.10 Å². The van der Waals surface area contributed by atoms with Crippen LogP contribution in [-0.2, 0) is 11.2 Å². The van der Waals surface area contributed by atoms with E-state index in [1.807, 2.05) is 12.3 Å². The fourth-order valence-corrected chi connectivity index (χ4v) is 3.77. The first kappa shape index (κ1) is 15.6. The first-order chi connectivity index (χ1) is 11.8. The standard InChI is InChI=1S/C19H26N4O/c24-15(12-13-6-7-13)8-9-16-18-17(23-22-16)10-11-20-19(18)21-14-4-2-1-3-5-14/h10-11,13-14H,1-9,12H2,(H,20,21)(H,22,23). The smallest absolute Gasteiger partial charge is 0.137 e. The Balaban J connectivity index is 1.49. The minimum atomic E-state index is 0.380. The summed E-state index contributed by atoms with van der Waals surface area (Å²) in [4.78, 5) is 16.6. The number of aromatic amines is 1. The van der Waals surface area contributed by atoms with Crippen molar-refractivity contribution in [2.24, 2.45) is 5.92 Å². The molecule has 2 aliphatic carbocycles. The molecule has 2 aromatic rings. The molecule has 0 aromatic carbocycles. The number of nitrogens with zero attached hydrogens (tertiary/aromatic N) is 2. The van der Waals surface area contributed by atoms with Gasteiger partial charge in [0.2, 0.25) is 0 Å². The highest BCUT2D eigenvalue weighted by molar-refractivity contribution is 5.92. The van der Waals surface area contributed by atoms with E-state index in [9.17, 15) is 4.79 Å². The molecule has 128 valence electrons.